The molecule has 0 rings (SSSR count). The first-order valence-corrected chi connectivity index (χ1v) is 2.80. The molecule has 5 nitrogen and oxygen atoms in total. The summed E-state index contributed by atoms with van der Waals surface area (Å²) < 4.78 is 0. The van der Waals surface area contributed by atoms with Crippen LogP contribution >= 0.6 is 0 Å². The number of hydrogen-bond acceptors (Lipinski definition) is 2. The van der Waals surface area contributed by atoms with Crippen LogP contribution in [0.25, 0.3) is 0 Å². The third-order valence-electron chi connectivity index (χ3n) is 0.642. The van der Waals surface area contributed by atoms with Gasteiger partial charge in [-0.05, 0) is 6.08 Å². The van der Waals surface area contributed by atoms with Gasteiger partial charge in [-0.15, -0.1) is 0 Å². The number of rotatable bonds is 1. The summed E-state index contributed by atoms with van der Waals surface area (Å²) in [5.74, 6) is -0.481. The molecule has 0 saturated carbocycles. The molecule has 0 fully saturated rings. The van der Waals surface area contributed by atoms with Crippen molar-refractivity contribution in [2.45, 2.75) is 0 Å². The minimum Gasteiger partial charge on any atom is -0.366 e. The molecule has 5 heteroatoms. The Morgan fingerprint density at radius 3 is 1.55 bits per heavy atom. The van der Waals surface area contributed by atoms with E-state index in [0.717, 1.165) is 6.08 Å². The van der Waals surface area contributed by atoms with Gasteiger partial charge in [0.15, 0.2) is 0 Å². The fraction of sp³-hybridized carbons (Fsp3) is 0.333. The summed E-state index contributed by atoms with van der Waals surface area (Å²) in [4.78, 5) is 20.6. The van der Waals surface area contributed by atoms with Crippen molar-refractivity contribution in [3.63, 3.8) is 0 Å². The van der Waals surface area contributed by atoms with Crippen LogP contribution in [-0.4, -0.2) is 30.9 Å². The highest BCUT2D eigenvalue weighted by Crippen LogP contribution is 1.65. The van der Waals surface area contributed by atoms with E-state index >= 15 is 0 Å². The minimum absolute atomic E-state index is 0.407. The monoisotopic (exact) mass is 159 g/mol. The molecule has 11 heavy (non-hydrogen) atoms. The van der Waals surface area contributed by atoms with Crippen molar-refractivity contribution in [2.75, 3.05) is 14.1 Å². The first kappa shape index (κ1) is 12.2. The van der Waals surface area contributed by atoms with Gasteiger partial charge in [-0.25, -0.2) is 4.79 Å². The fourth-order valence-corrected chi connectivity index (χ4v) is 0. The average Bonchev–Trinajstić information content (AvgIpc) is 1.89. The van der Waals surface area contributed by atoms with E-state index in [9.17, 15) is 9.59 Å². The van der Waals surface area contributed by atoms with Crippen LogP contribution in [0, 0.1) is 0 Å². The van der Waals surface area contributed by atoms with E-state index in [1.807, 2.05) is 0 Å². The van der Waals surface area contributed by atoms with Gasteiger partial charge in [0.25, 0.3) is 0 Å². The number of urea groups is 1. The van der Waals surface area contributed by atoms with E-state index in [-0.39, 0.29) is 0 Å². The normalized spacial score (nSPS) is 7.09. The van der Waals surface area contributed by atoms with Gasteiger partial charge in [0.05, 0.1) is 0 Å². The summed E-state index contributed by atoms with van der Waals surface area (Å²) in [6.45, 7) is 3.09. The minimum atomic E-state index is -0.481. The molecule has 0 heterocycles. The lowest BCUT2D eigenvalue weighted by atomic mass is 10.6. The standard InChI is InChI=1S/C3H8N2O.C3H5NO/c1-5(2)3(4)6;1-2-3(4)5/h1-2H3,(H2,4,6);2H,1H2,(H2,4,5). The Morgan fingerprint density at radius 1 is 1.36 bits per heavy atom. The third kappa shape index (κ3) is 17.7. The summed E-state index contributed by atoms with van der Waals surface area (Å²) in [5.41, 5.74) is 9.26. The van der Waals surface area contributed by atoms with Crippen molar-refractivity contribution in [1.82, 2.24) is 4.90 Å². The van der Waals surface area contributed by atoms with Crippen molar-refractivity contribution in [2.24, 2.45) is 11.5 Å². The highest BCUT2D eigenvalue weighted by atomic mass is 16.2. The SMILES string of the molecule is C=CC(N)=O.CN(C)C(N)=O. The zero-order valence-corrected chi connectivity index (χ0v) is 6.70. The van der Waals surface area contributed by atoms with Crippen molar-refractivity contribution in [3.05, 3.63) is 12.7 Å². The Labute approximate surface area is 65.6 Å². The van der Waals surface area contributed by atoms with E-state index in [1.165, 1.54) is 4.90 Å². The maximum absolute atomic E-state index is 9.85. The van der Waals surface area contributed by atoms with E-state index in [0.29, 0.717) is 0 Å². The number of carbonyl (C=O) groups is 2. The lowest BCUT2D eigenvalue weighted by molar-refractivity contribution is -0.113. The molecule has 0 atom stereocenters. The van der Waals surface area contributed by atoms with Crippen molar-refractivity contribution in [3.8, 4) is 0 Å². The van der Waals surface area contributed by atoms with Crippen molar-refractivity contribution >= 4 is 11.9 Å². The molecule has 0 aromatic rings. The maximum Gasteiger partial charge on any atom is 0.314 e. The molecular formula is C6H13N3O2. The Balaban J connectivity index is 0. The number of nitrogens with zero attached hydrogens (tertiary/aromatic N) is 1. The van der Waals surface area contributed by atoms with Gasteiger partial charge >= 0.3 is 6.03 Å². The lowest BCUT2D eigenvalue weighted by Gasteiger charge is -2.01. The van der Waals surface area contributed by atoms with Gasteiger partial charge in [-0.1, -0.05) is 6.58 Å². The quantitative estimate of drug-likeness (QED) is 0.494. The lowest BCUT2D eigenvalue weighted by Crippen LogP contribution is -2.27. The topological polar surface area (TPSA) is 89.4 Å². The van der Waals surface area contributed by atoms with Crippen LogP contribution < -0.4 is 11.5 Å². The van der Waals surface area contributed by atoms with Gasteiger partial charge in [-0.2, -0.15) is 0 Å². The zero-order chi connectivity index (χ0) is 9.44. The second-order valence-electron chi connectivity index (χ2n) is 1.84. The molecule has 0 spiro atoms. The summed E-state index contributed by atoms with van der Waals surface area (Å²) in [5, 5.41) is 0. The van der Waals surface area contributed by atoms with Gasteiger partial charge in [0.1, 0.15) is 0 Å². The molecule has 3 amide bonds. The predicted molar refractivity (Wildman–Crippen MR) is 42.7 cm³/mol. The molecule has 64 valence electrons. The van der Waals surface area contributed by atoms with Crippen LogP contribution in [0.3, 0.4) is 0 Å². The molecule has 0 aliphatic heterocycles. The van der Waals surface area contributed by atoms with Gasteiger partial charge in [-0.3, -0.25) is 4.79 Å². The smallest absolute Gasteiger partial charge is 0.314 e. The second-order valence-corrected chi connectivity index (χ2v) is 1.84. The van der Waals surface area contributed by atoms with Gasteiger partial charge in [0, 0.05) is 14.1 Å². The predicted octanol–water partition coefficient (Wildman–Crippen LogP) is -0.716. The van der Waals surface area contributed by atoms with Gasteiger partial charge < -0.3 is 16.4 Å². The summed E-state index contributed by atoms with van der Waals surface area (Å²) in [6, 6.07) is -0.407. The largest absolute Gasteiger partial charge is 0.366 e. The number of hydrogen-bond donors (Lipinski definition) is 2. The summed E-state index contributed by atoms with van der Waals surface area (Å²) in [7, 11) is 3.20. The summed E-state index contributed by atoms with van der Waals surface area (Å²) in [6.07, 6.45) is 1.06. The van der Waals surface area contributed by atoms with Crippen LogP contribution in [0.5, 0.6) is 0 Å². The first-order chi connectivity index (χ1) is 4.91. The molecule has 0 aliphatic carbocycles. The fourth-order valence-electron chi connectivity index (χ4n) is 0. The molecule has 0 saturated heterocycles. The Hall–Kier alpha value is -1.52. The average molecular weight is 159 g/mol. The molecule has 0 aliphatic rings. The molecule has 4 N–H and O–H groups in total. The van der Waals surface area contributed by atoms with Crippen LogP contribution in [0.2, 0.25) is 0 Å². The third-order valence-corrected chi connectivity index (χ3v) is 0.642. The highest BCUT2D eigenvalue weighted by Gasteiger charge is 1.88. The second kappa shape index (κ2) is 6.60. The molecule has 0 aromatic heterocycles. The zero-order valence-electron chi connectivity index (χ0n) is 6.70. The molecular weight excluding hydrogens is 146 g/mol. The number of carbonyl (C=O) groups excluding carboxylic acids is 2. The van der Waals surface area contributed by atoms with Gasteiger partial charge in [0.2, 0.25) is 5.91 Å². The Kier molecular flexibility index (Phi) is 7.31. The van der Waals surface area contributed by atoms with Crippen molar-refractivity contribution < 1.29 is 9.59 Å². The maximum atomic E-state index is 9.85. The van der Waals surface area contributed by atoms with E-state index in [2.05, 4.69) is 12.3 Å². The highest BCUT2D eigenvalue weighted by molar-refractivity contribution is 5.84. The Morgan fingerprint density at radius 2 is 1.55 bits per heavy atom. The van der Waals surface area contributed by atoms with Crippen LogP contribution in [0.4, 0.5) is 4.79 Å². The van der Waals surface area contributed by atoms with Crippen LogP contribution in [0.15, 0.2) is 12.7 Å². The summed E-state index contributed by atoms with van der Waals surface area (Å²) >= 11 is 0. The molecule has 0 bridgehead atoms. The number of amides is 3. The first-order valence-electron chi connectivity index (χ1n) is 2.80. The molecule has 0 radical (unpaired) electrons. The number of nitrogens with two attached hydrogens (primary N) is 2. The van der Waals surface area contributed by atoms with E-state index in [1.54, 1.807) is 14.1 Å². The van der Waals surface area contributed by atoms with Crippen LogP contribution in [-0.2, 0) is 4.79 Å². The number of primary amides is 2. The van der Waals surface area contributed by atoms with E-state index < -0.39 is 11.9 Å². The van der Waals surface area contributed by atoms with Crippen molar-refractivity contribution in [1.29, 1.82) is 0 Å². The van der Waals surface area contributed by atoms with Crippen LogP contribution in [0.1, 0.15) is 0 Å². The Bertz CT molecular complexity index is 154. The molecule has 0 unspecified atom stereocenters. The van der Waals surface area contributed by atoms with E-state index in [4.69, 9.17) is 5.73 Å². The molecule has 0 aromatic carbocycles.